The topological polar surface area (TPSA) is 47.0 Å². The summed E-state index contributed by atoms with van der Waals surface area (Å²) in [6.45, 7) is 5.04. The first-order valence-corrected chi connectivity index (χ1v) is 7.60. The van der Waals surface area contributed by atoms with Gasteiger partial charge in [0.2, 0.25) is 5.88 Å². The minimum Gasteiger partial charge on any atom is -0.480 e. The second-order valence-electron chi connectivity index (χ2n) is 4.42. The Bertz CT molecular complexity index is 589. The Hall–Kier alpha value is -1.21. The third kappa shape index (κ3) is 3.09. The van der Waals surface area contributed by atoms with E-state index in [1.165, 1.54) is 14.7 Å². The molecule has 0 aliphatic carbocycles. The maximum atomic E-state index is 5.35. The fraction of sp³-hybridized carbons (Fsp3) is 0.333. The second-order valence-corrected chi connectivity index (χ2v) is 5.50. The number of nitrogens with zero attached hydrogens (tertiary/aromatic N) is 2. The largest absolute Gasteiger partial charge is 0.480 e. The van der Waals surface area contributed by atoms with Crippen LogP contribution < -0.4 is 10.1 Å². The van der Waals surface area contributed by atoms with E-state index in [-0.39, 0.29) is 6.04 Å². The average molecular weight is 383 g/mol. The molecule has 2 aromatic rings. The van der Waals surface area contributed by atoms with Crippen molar-refractivity contribution in [1.82, 2.24) is 15.3 Å². The third-order valence-corrected chi connectivity index (χ3v) is 4.57. The lowest BCUT2D eigenvalue weighted by molar-refractivity contribution is 0.383. The van der Waals surface area contributed by atoms with E-state index in [0.717, 1.165) is 12.2 Å². The molecule has 1 aromatic carbocycles. The van der Waals surface area contributed by atoms with Gasteiger partial charge in [-0.15, -0.1) is 0 Å². The molecule has 0 saturated carbocycles. The van der Waals surface area contributed by atoms with Crippen LogP contribution in [0.2, 0.25) is 0 Å². The summed E-state index contributed by atoms with van der Waals surface area (Å²) in [4.78, 5) is 8.71. The van der Waals surface area contributed by atoms with Gasteiger partial charge in [0.1, 0.15) is 5.69 Å². The van der Waals surface area contributed by atoms with Gasteiger partial charge in [-0.25, -0.2) is 4.98 Å². The van der Waals surface area contributed by atoms with E-state index in [9.17, 15) is 0 Å². The maximum absolute atomic E-state index is 5.35. The van der Waals surface area contributed by atoms with Crippen molar-refractivity contribution in [2.24, 2.45) is 0 Å². The van der Waals surface area contributed by atoms with Crippen LogP contribution in [-0.4, -0.2) is 23.6 Å². The van der Waals surface area contributed by atoms with Crippen LogP contribution in [-0.2, 0) is 0 Å². The number of ether oxygens (including phenoxy) is 1. The molecule has 0 fully saturated rings. The molecule has 106 valence electrons. The summed E-state index contributed by atoms with van der Waals surface area (Å²) in [5.41, 5.74) is 3.28. The first-order valence-electron chi connectivity index (χ1n) is 6.52. The molecule has 1 atom stereocenters. The van der Waals surface area contributed by atoms with Gasteiger partial charge in [0.25, 0.3) is 0 Å². The van der Waals surface area contributed by atoms with Gasteiger partial charge in [-0.05, 0) is 47.2 Å². The zero-order valence-corrected chi connectivity index (χ0v) is 14.0. The van der Waals surface area contributed by atoms with Crippen molar-refractivity contribution in [2.75, 3.05) is 13.7 Å². The molecular weight excluding hydrogens is 365 g/mol. The molecule has 1 heterocycles. The van der Waals surface area contributed by atoms with Crippen molar-refractivity contribution in [2.45, 2.75) is 19.9 Å². The summed E-state index contributed by atoms with van der Waals surface area (Å²) >= 11 is 2.38. The number of halogens is 1. The Labute approximate surface area is 133 Å². The number of aryl methyl sites for hydroxylation is 1. The van der Waals surface area contributed by atoms with E-state index in [2.05, 4.69) is 69.9 Å². The van der Waals surface area contributed by atoms with Crippen LogP contribution in [0.5, 0.6) is 5.88 Å². The van der Waals surface area contributed by atoms with Gasteiger partial charge < -0.3 is 10.1 Å². The van der Waals surface area contributed by atoms with Gasteiger partial charge in [0, 0.05) is 16.0 Å². The van der Waals surface area contributed by atoms with E-state index in [0.29, 0.717) is 5.88 Å². The quantitative estimate of drug-likeness (QED) is 0.807. The van der Waals surface area contributed by atoms with Gasteiger partial charge >= 0.3 is 0 Å². The Balaban J connectivity index is 2.53. The van der Waals surface area contributed by atoms with E-state index >= 15 is 0 Å². The van der Waals surface area contributed by atoms with E-state index in [4.69, 9.17) is 4.74 Å². The van der Waals surface area contributed by atoms with Crippen molar-refractivity contribution < 1.29 is 4.74 Å². The number of hydrogen-bond donors (Lipinski definition) is 1. The van der Waals surface area contributed by atoms with Crippen LogP contribution in [0.15, 0.2) is 30.6 Å². The molecule has 0 aliphatic heterocycles. The highest BCUT2D eigenvalue weighted by atomic mass is 127. The van der Waals surface area contributed by atoms with E-state index in [1.54, 1.807) is 19.5 Å². The zero-order chi connectivity index (χ0) is 14.5. The monoisotopic (exact) mass is 383 g/mol. The Morgan fingerprint density at radius 1 is 1.30 bits per heavy atom. The molecule has 2 rings (SSSR count). The highest BCUT2D eigenvalue weighted by molar-refractivity contribution is 14.1. The lowest BCUT2D eigenvalue weighted by Crippen LogP contribution is -2.24. The SMILES string of the molecule is CCNC(c1cccc(C)c1I)c1nccnc1OC. The van der Waals surface area contributed by atoms with E-state index < -0.39 is 0 Å². The van der Waals surface area contributed by atoms with Crippen LogP contribution in [0, 0.1) is 10.5 Å². The highest BCUT2D eigenvalue weighted by Gasteiger charge is 2.22. The minimum absolute atomic E-state index is 0.0181. The molecule has 0 bridgehead atoms. The summed E-state index contributed by atoms with van der Waals surface area (Å²) in [5, 5.41) is 3.47. The van der Waals surface area contributed by atoms with Gasteiger partial charge in [-0.1, -0.05) is 25.1 Å². The van der Waals surface area contributed by atoms with Gasteiger partial charge in [-0.3, -0.25) is 4.98 Å². The Morgan fingerprint density at radius 3 is 2.75 bits per heavy atom. The summed E-state index contributed by atoms with van der Waals surface area (Å²) < 4.78 is 6.59. The normalized spacial score (nSPS) is 12.2. The predicted molar refractivity (Wildman–Crippen MR) is 88.0 cm³/mol. The van der Waals surface area contributed by atoms with Crippen LogP contribution in [0.3, 0.4) is 0 Å². The van der Waals surface area contributed by atoms with Crippen LogP contribution in [0.4, 0.5) is 0 Å². The number of methoxy groups -OCH3 is 1. The maximum Gasteiger partial charge on any atom is 0.237 e. The van der Waals surface area contributed by atoms with Crippen molar-refractivity contribution in [3.05, 3.63) is 51.0 Å². The fourth-order valence-corrected chi connectivity index (χ4v) is 2.81. The molecule has 0 aliphatic rings. The number of hydrogen-bond acceptors (Lipinski definition) is 4. The van der Waals surface area contributed by atoms with E-state index in [1.807, 2.05) is 0 Å². The summed E-state index contributed by atoms with van der Waals surface area (Å²) in [5.74, 6) is 0.566. The number of nitrogens with one attached hydrogen (secondary N) is 1. The first-order chi connectivity index (χ1) is 9.69. The van der Waals surface area contributed by atoms with Crippen LogP contribution >= 0.6 is 22.6 Å². The van der Waals surface area contributed by atoms with Gasteiger partial charge in [0.15, 0.2) is 0 Å². The van der Waals surface area contributed by atoms with Gasteiger partial charge in [-0.2, -0.15) is 0 Å². The van der Waals surface area contributed by atoms with Gasteiger partial charge in [0.05, 0.1) is 13.2 Å². The molecule has 1 aromatic heterocycles. The molecule has 0 spiro atoms. The number of aromatic nitrogens is 2. The zero-order valence-electron chi connectivity index (χ0n) is 11.9. The lowest BCUT2D eigenvalue weighted by atomic mass is 10.0. The molecule has 5 heteroatoms. The summed E-state index contributed by atoms with van der Waals surface area (Å²) in [6, 6.07) is 6.29. The third-order valence-electron chi connectivity index (χ3n) is 3.10. The number of rotatable bonds is 5. The van der Waals surface area contributed by atoms with Crippen LogP contribution in [0.1, 0.15) is 29.8 Å². The molecule has 1 unspecified atom stereocenters. The van der Waals surface area contributed by atoms with Crippen molar-refractivity contribution >= 4 is 22.6 Å². The van der Waals surface area contributed by atoms with Crippen molar-refractivity contribution in [1.29, 1.82) is 0 Å². The molecule has 1 N–H and O–H groups in total. The molecule has 20 heavy (non-hydrogen) atoms. The van der Waals surface area contributed by atoms with Crippen LogP contribution in [0.25, 0.3) is 0 Å². The Kier molecular flexibility index (Phi) is 5.31. The smallest absolute Gasteiger partial charge is 0.237 e. The number of benzene rings is 1. The van der Waals surface area contributed by atoms with Crippen molar-refractivity contribution in [3.63, 3.8) is 0 Å². The summed E-state index contributed by atoms with van der Waals surface area (Å²) in [6.07, 6.45) is 3.34. The fourth-order valence-electron chi connectivity index (χ4n) is 2.14. The second kappa shape index (κ2) is 6.99. The van der Waals surface area contributed by atoms with Crippen molar-refractivity contribution in [3.8, 4) is 5.88 Å². The predicted octanol–water partition coefficient (Wildman–Crippen LogP) is 3.10. The molecule has 0 saturated heterocycles. The standard InChI is InChI=1S/C15H18IN3O/c1-4-17-13(11-7-5-6-10(2)12(11)16)14-15(20-3)19-9-8-18-14/h5-9,13,17H,4H2,1-3H3. The average Bonchev–Trinajstić information content (AvgIpc) is 2.48. The highest BCUT2D eigenvalue weighted by Crippen LogP contribution is 2.30. The minimum atomic E-state index is -0.0181. The molecule has 0 radical (unpaired) electrons. The first kappa shape index (κ1) is 15.2. The molecule has 0 amide bonds. The molecule has 4 nitrogen and oxygen atoms in total. The Morgan fingerprint density at radius 2 is 2.05 bits per heavy atom. The lowest BCUT2D eigenvalue weighted by Gasteiger charge is -2.21. The summed E-state index contributed by atoms with van der Waals surface area (Å²) in [7, 11) is 1.62. The molecular formula is C15H18IN3O.